The summed E-state index contributed by atoms with van der Waals surface area (Å²) < 4.78 is 0. The van der Waals surface area contributed by atoms with E-state index in [4.69, 9.17) is 0 Å². The summed E-state index contributed by atoms with van der Waals surface area (Å²) in [6, 6.07) is 5.89. The zero-order chi connectivity index (χ0) is 8.97. The fourth-order valence-corrected chi connectivity index (χ4v) is 1.97. The van der Waals surface area contributed by atoms with Gasteiger partial charge in [-0.05, 0) is 30.7 Å². The molecule has 0 atom stereocenters. The molecule has 12 heavy (non-hydrogen) atoms. The third kappa shape index (κ3) is 2.29. The Balaban J connectivity index is 3.09. The van der Waals surface area contributed by atoms with Crippen LogP contribution in [0.3, 0.4) is 0 Å². The molecule has 1 aromatic carbocycles. The molecule has 0 spiro atoms. The first-order valence-corrected chi connectivity index (χ1v) is 5.93. The Kier molecular flexibility index (Phi) is 3.69. The fourth-order valence-electron chi connectivity index (χ4n) is 0.897. The van der Waals surface area contributed by atoms with Gasteiger partial charge in [0.2, 0.25) is 0 Å². The van der Waals surface area contributed by atoms with Crippen molar-refractivity contribution in [3.63, 3.8) is 0 Å². The SMILES string of the molecule is CSc1cc(C=O)cc(SC)c1. The van der Waals surface area contributed by atoms with Gasteiger partial charge in [0.25, 0.3) is 0 Å². The molecule has 0 aliphatic heterocycles. The molecule has 0 unspecified atom stereocenters. The van der Waals surface area contributed by atoms with Crippen LogP contribution in [0.4, 0.5) is 0 Å². The van der Waals surface area contributed by atoms with Gasteiger partial charge in [-0.1, -0.05) is 0 Å². The summed E-state index contributed by atoms with van der Waals surface area (Å²) >= 11 is 3.31. The molecular weight excluding hydrogens is 188 g/mol. The summed E-state index contributed by atoms with van der Waals surface area (Å²) in [6.45, 7) is 0. The van der Waals surface area contributed by atoms with Gasteiger partial charge < -0.3 is 0 Å². The summed E-state index contributed by atoms with van der Waals surface area (Å²) in [4.78, 5) is 12.8. The van der Waals surface area contributed by atoms with E-state index in [9.17, 15) is 4.79 Å². The number of hydrogen-bond donors (Lipinski definition) is 0. The Labute approximate surface area is 80.9 Å². The maximum Gasteiger partial charge on any atom is 0.150 e. The summed E-state index contributed by atoms with van der Waals surface area (Å²) in [6.07, 6.45) is 4.90. The van der Waals surface area contributed by atoms with Gasteiger partial charge in [-0.3, -0.25) is 4.79 Å². The average Bonchev–Trinajstić information content (AvgIpc) is 2.16. The van der Waals surface area contributed by atoms with Crippen LogP contribution in [0.25, 0.3) is 0 Å². The molecule has 0 aromatic heterocycles. The minimum atomic E-state index is 0.756. The highest BCUT2D eigenvalue weighted by Gasteiger charge is 1.98. The van der Waals surface area contributed by atoms with Crippen LogP contribution in [0, 0.1) is 0 Å². The molecule has 0 N–H and O–H groups in total. The maximum absolute atomic E-state index is 10.5. The number of carbonyl (C=O) groups excluding carboxylic acids is 1. The Hall–Kier alpha value is -0.410. The van der Waals surface area contributed by atoms with E-state index in [2.05, 4.69) is 6.07 Å². The number of carbonyl (C=O) groups is 1. The van der Waals surface area contributed by atoms with Gasteiger partial charge in [-0.15, -0.1) is 23.5 Å². The van der Waals surface area contributed by atoms with Crippen LogP contribution in [0.1, 0.15) is 10.4 Å². The minimum absolute atomic E-state index is 0.756. The Bertz CT molecular complexity index is 262. The van der Waals surface area contributed by atoms with Gasteiger partial charge >= 0.3 is 0 Å². The van der Waals surface area contributed by atoms with Crippen LogP contribution in [-0.4, -0.2) is 18.8 Å². The van der Waals surface area contributed by atoms with Crippen LogP contribution in [0.5, 0.6) is 0 Å². The van der Waals surface area contributed by atoms with E-state index < -0.39 is 0 Å². The average molecular weight is 198 g/mol. The lowest BCUT2D eigenvalue weighted by Gasteiger charge is -2.01. The van der Waals surface area contributed by atoms with E-state index in [0.717, 1.165) is 21.6 Å². The smallest absolute Gasteiger partial charge is 0.150 e. The first-order valence-electron chi connectivity index (χ1n) is 3.48. The quantitative estimate of drug-likeness (QED) is 0.549. The second-order valence-corrected chi connectivity index (χ2v) is 4.02. The van der Waals surface area contributed by atoms with E-state index in [1.165, 1.54) is 0 Å². The second-order valence-electron chi connectivity index (χ2n) is 2.26. The number of aldehydes is 1. The molecule has 1 rings (SSSR count). The molecule has 0 saturated heterocycles. The summed E-state index contributed by atoms with van der Waals surface area (Å²) in [5, 5.41) is 0. The van der Waals surface area contributed by atoms with Crippen LogP contribution in [-0.2, 0) is 0 Å². The largest absolute Gasteiger partial charge is 0.298 e. The molecule has 3 heteroatoms. The van der Waals surface area contributed by atoms with Gasteiger partial charge in [0.15, 0.2) is 0 Å². The van der Waals surface area contributed by atoms with Crippen molar-refractivity contribution in [1.82, 2.24) is 0 Å². The molecule has 0 aliphatic rings. The Morgan fingerprint density at radius 2 is 1.58 bits per heavy atom. The molecule has 1 aromatic rings. The Morgan fingerprint density at radius 1 is 1.08 bits per heavy atom. The van der Waals surface area contributed by atoms with Gasteiger partial charge in [-0.25, -0.2) is 0 Å². The normalized spacial score (nSPS) is 9.83. The lowest BCUT2D eigenvalue weighted by Crippen LogP contribution is -1.82. The van der Waals surface area contributed by atoms with Crippen molar-refractivity contribution in [2.24, 2.45) is 0 Å². The van der Waals surface area contributed by atoms with Gasteiger partial charge in [0.05, 0.1) is 0 Å². The molecule has 0 amide bonds. The molecule has 64 valence electrons. The highest BCUT2D eigenvalue weighted by atomic mass is 32.2. The summed E-state index contributed by atoms with van der Waals surface area (Å²) in [5.74, 6) is 0. The van der Waals surface area contributed by atoms with Crippen LogP contribution in [0.2, 0.25) is 0 Å². The van der Waals surface area contributed by atoms with Crippen LogP contribution >= 0.6 is 23.5 Å². The fraction of sp³-hybridized carbons (Fsp3) is 0.222. The Morgan fingerprint density at radius 3 is 1.92 bits per heavy atom. The van der Waals surface area contributed by atoms with Gasteiger partial charge in [0, 0.05) is 15.4 Å². The predicted octanol–water partition coefficient (Wildman–Crippen LogP) is 2.94. The van der Waals surface area contributed by atoms with Crippen molar-refractivity contribution >= 4 is 29.8 Å². The first kappa shape index (κ1) is 9.68. The van der Waals surface area contributed by atoms with Crippen molar-refractivity contribution in [3.05, 3.63) is 23.8 Å². The molecule has 0 saturated carbocycles. The lowest BCUT2D eigenvalue weighted by atomic mass is 10.2. The molecule has 0 aliphatic carbocycles. The van der Waals surface area contributed by atoms with Crippen molar-refractivity contribution in [2.75, 3.05) is 12.5 Å². The lowest BCUT2D eigenvalue weighted by molar-refractivity contribution is 0.112. The molecule has 0 heterocycles. The van der Waals surface area contributed by atoms with Gasteiger partial charge in [0.1, 0.15) is 6.29 Å². The van der Waals surface area contributed by atoms with E-state index in [1.807, 2.05) is 24.6 Å². The van der Waals surface area contributed by atoms with Crippen molar-refractivity contribution < 1.29 is 4.79 Å². The molecular formula is C9H10OS2. The monoisotopic (exact) mass is 198 g/mol. The highest BCUT2D eigenvalue weighted by Crippen LogP contribution is 2.23. The number of thioether (sulfide) groups is 2. The molecule has 0 fully saturated rings. The third-order valence-corrected chi connectivity index (χ3v) is 2.92. The number of benzene rings is 1. The maximum atomic E-state index is 10.5. The first-order chi connectivity index (χ1) is 5.80. The molecule has 0 radical (unpaired) electrons. The topological polar surface area (TPSA) is 17.1 Å². The van der Waals surface area contributed by atoms with Crippen molar-refractivity contribution in [2.45, 2.75) is 9.79 Å². The van der Waals surface area contributed by atoms with Crippen molar-refractivity contribution in [3.8, 4) is 0 Å². The second kappa shape index (κ2) is 4.58. The summed E-state index contributed by atoms with van der Waals surface area (Å²) in [5.41, 5.74) is 0.756. The summed E-state index contributed by atoms with van der Waals surface area (Å²) in [7, 11) is 0. The van der Waals surface area contributed by atoms with Crippen LogP contribution in [0.15, 0.2) is 28.0 Å². The number of hydrogen-bond acceptors (Lipinski definition) is 3. The number of rotatable bonds is 3. The van der Waals surface area contributed by atoms with E-state index in [1.54, 1.807) is 23.5 Å². The zero-order valence-electron chi connectivity index (χ0n) is 7.03. The van der Waals surface area contributed by atoms with E-state index in [0.29, 0.717) is 0 Å². The minimum Gasteiger partial charge on any atom is -0.298 e. The zero-order valence-corrected chi connectivity index (χ0v) is 8.67. The highest BCUT2D eigenvalue weighted by molar-refractivity contribution is 7.99. The molecule has 1 nitrogen and oxygen atoms in total. The van der Waals surface area contributed by atoms with Gasteiger partial charge in [-0.2, -0.15) is 0 Å². The molecule has 0 bridgehead atoms. The van der Waals surface area contributed by atoms with E-state index >= 15 is 0 Å². The van der Waals surface area contributed by atoms with Crippen molar-refractivity contribution in [1.29, 1.82) is 0 Å². The third-order valence-electron chi connectivity index (χ3n) is 1.51. The predicted molar refractivity (Wildman–Crippen MR) is 55.4 cm³/mol. The standard InChI is InChI=1S/C9H10OS2/c1-11-8-3-7(6-10)4-9(5-8)12-2/h3-6H,1-2H3. The van der Waals surface area contributed by atoms with Crippen LogP contribution < -0.4 is 0 Å². The van der Waals surface area contributed by atoms with E-state index in [-0.39, 0.29) is 0 Å².